The predicted octanol–water partition coefficient (Wildman–Crippen LogP) is 1.14. The molecule has 1 unspecified atom stereocenters. The van der Waals surface area contributed by atoms with E-state index in [-0.39, 0.29) is 28.4 Å². The number of ether oxygens (including phenoxy) is 5. The number of hydrogen-bond donors (Lipinski definition) is 10. The summed E-state index contributed by atoms with van der Waals surface area (Å²) >= 11 is 0. The van der Waals surface area contributed by atoms with Crippen LogP contribution < -0.4 is 4.74 Å². The summed E-state index contributed by atoms with van der Waals surface area (Å²) in [4.78, 5) is 24.4. The van der Waals surface area contributed by atoms with Crippen LogP contribution in [0.15, 0.2) is 42.2 Å². The molecule has 3 aromatic rings. The van der Waals surface area contributed by atoms with E-state index in [4.69, 9.17) is 18.9 Å². The minimum atomic E-state index is -2.01. The van der Waals surface area contributed by atoms with Crippen molar-refractivity contribution >= 4 is 18.0 Å². The summed E-state index contributed by atoms with van der Waals surface area (Å²) in [6, 6.07) is 5.85. The van der Waals surface area contributed by atoms with Crippen LogP contribution in [0.2, 0.25) is 0 Å². The smallest absolute Gasteiger partial charge is 0.339 e. The van der Waals surface area contributed by atoms with Crippen molar-refractivity contribution < 1.29 is 84.3 Å². The fourth-order valence-corrected chi connectivity index (χ4v) is 4.90. The first-order valence-corrected chi connectivity index (χ1v) is 13.6. The number of fused-ring (bicyclic) bond motifs is 1. The third-order valence-electron chi connectivity index (χ3n) is 7.24. The lowest BCUT2D eigenvalue weighted by Crippen LogP contribution is -2.61. The number of phenolic OH excluding ortho intramolecular Hbond substituents is 7. The standard InChI is InChI=1S/C30H28O17/c1-10(31)43-9-22-25(40)26(41)28(47-29(42)12-3-16(34)23(38)17(35)4-12)30(46-22)45-21-5-11(2-18(36)24(21)39)27-19(37)8-14-15(33)6-13(32)7-20(14)44-27/h2-8,22,25-28,30,32-41H,9H2,1H3/p+1/t22-,25+,26-,27?,28+,30+/m0/s1. The summed E-state index contributed by atoms with van der Waals surface area (Å²) < 4.78 is 25.8. The average Bonchev–Trinajstić information content (AvgIpc) is 3.00. The zero-order valence-electron chi connectivity index (χ0n) is 24.1. The Kier molecular flexibility index (Phi) is 8.70. The summed E-state index contributed by atoms with van der Waals surface area (Å²) in [5, 5.41) is 103. The number of aliphatic hydroxyl groups excluding tert-OH is 3. The molecular formula is C30H29O17+. The van der Waals surface area contributed by atoms with Crippen molar-refractivity contribution in [3.63, 3.8) is 0 Å². The molecular weight excluding hydrogens is 632 g/mol. The van der Waals surface area contributed by atoms with E-state index in [1.54, 1.807) is 0 Å². The van der Waals surface area contributed by atoms with Crippen LogP contribution in [-0.2, 0) is 19.0 Å². The number of carbonyl (C=O) groups excluding carboxylic acids is 2. The Morgan fingerprint density at radius 3 is 2.15 bits per heavy atom. The second kappa shape index (κ2) is 12.5. The largest absolute Gasteiger partial charge is 0.571 e. The van der Waals surface area contributed by atoms with Gasteiger partial charge < -0.3 is 74.7 Å². The van der Waals surface area contributed by atoms with E-state index in [2.05, 4.69) is 4.74 Å². The van der Waals surface area contributed by atoms with E-state index in [1.165, 1.54) is 12.1 Å². The van der Waals surface area contributed by atoms with Crippen LogP contribution in [0.25, 0.3) is 6.08 Å². The average molecular weight is 662 g/mol. The van der Waals surface area contributed by atoms with Crippen molar-refractivity contribution in [3.8, 4) is 51.7 Å². The summed E-state index contributed by atoms with van der Waals surface area (Å²) in [6.45, 7) is 0.462. The highest BCUT2D eigenvalue weighted by atomic mass is 16.7. The molecule has 5 rings (SSSR count). The molecule has 0 saturated carbocycles. The second-order valence-electron chi connectivity index (χ2n) is 10.6. The summed E-state index contributed by atoms with van der Waals surface area (Å²) in [5.41, 5.74) is -0.423. The van der Waals surface area contributed by atoms with Gasteiger partial charge in [-0.25, -0.2) is 4.79 Å². The van der Waals surface area contributed by atoms with E-state index < -0.39 is 101 Å². The molecule has 47 heavy (non-hydrogen) atoms. The van der Waals surface area contributed by atoms with Crippen molar-refractivity contribution in [2.45, 2.75) is 43.7 Å². The summed E-state index contributed by atoms with van der Waals surface area (Å²) in [6.07, 6.45) is -9.28. The van der Waals surface area contributed by atoms with Crippen LogP contribution in [-0.4, -0.2) is 105 Å². The molecule has 1 saturated heterocycles. The highest BCUT2D eigenvalue weighted by Crippen LogP contribution is 2.47. The number of carbonyl (C=O) groups is 2. The van der Waals surface area contributed by atoms with E-state index >= 15 is 0 Å². The highest BCUT2D eigenvalue weighted by Gasteiger charge is 2.49. The van der Waals surface area contributed by atoms with Crippen LogP contribution in [0.3, 0.4) is 0 Å². The third kappa shape index (κ3) is 6.48. The van der Waals surface area contributed by atoms with Gasteiger partial charge in [-0.05, 0) is 24.3 Å². The molecule has 0 bridgehead atoms. The molecule has 2 aliphatic heterocycles. The van der Waals surface area contributed by atoms with Gasteiger partial charge in [-0.2, -0.15) is 0 Å². The van der Waals surface area contributed by atoms with Gasteiger partial charge in [-0.3, -0.25) is 4.79 Å². The van der Waals surface area contributed by atoms with Gasteiger partial charge in [-0.15, -0.1) is 0 Å². The van der Waals surface area contributed by atoms with Crippen LogP contribution >= 0.6 is 0 Å². The number of hydrogen-bond acceptors (Lipinski definition) is 16. The van der Waals surface area contributed by atoms with Gasteiger partial charge in [0.2, 0.25) is 12.0 Å². The molecule has 17 heteroatoms. The third-order valence-corrected chi connectivity index (χ3v) is 7.24. The molecule has 0 radical (unpaired) electrons. The van der Waals surface area contributed by atoms with Crippen LogP contribution in [0, 0.1) is 0 Å². The van der Waals surface area contributed by atoms with Gasteiger partial charge in [0.05, 0.1) is 17.2 Å². The first kappa shape index (κ1) is 32.6. The van der Waals surface area contributed by atoms with Crippen molar-refractivity contribution in [2.75, 3.05) is 6.61 Å². The van der Waals surface area contributed by atoms with E-state index in [0.29, 0.717) is 0 Å². The maximum absolute atomic E-state index is 13.0. The molecule has 0 spiro atoms. The van der Waals surface area contributed by atoms with Crippen molar-refractivity contribution in [2.24, 2.45) is 0 Å². The Labute approximate surface area is 263 Å². The molecule has 0 aromatic heterocycles. The number of aliphatic hydroxyl groups is 4. The second-order valence-corrected chi connectivity index (χ2v) is 10.6. The summed E-state index contributed by atoms with van der Waals surface area (Å²) in [5.74, 6) is -8.08. The maximum Gasteiger partial charge on any atom is 0.339 e. The molecule has 3 aromatic carbocycles. The minimum Gasteiger partial charge on any atom is -0.571 e. The maximum atomic E-state index is 13.0. The van der Waals surface area contributed by atoms with E-state index in [1.807, 2.05) is 0 Å². The zero-order valence-corrected chi connectivity index (χ0v) is 24.1. The molecule has 2 heterocycles. The van der Waals surface area contributed by atoms with Gasteiger partial charge in [0.1, 0.15) is 42.0 Å². The lowest BCUT2D eigenvalue weighted by molar-refractivity contribution is -0.277. The van der Waals surface area contributed by atoms with Gasteiger partial charge in [0.25, 0.3) is 11.9 Å². The van der Waals surface area contributed by atoms with Crippen molar-refractivity contribution in [1.29, 1.82) is 0 Å². The van der Waals surface area contributed by atoms with E-state index in [9.17, 15) is 60.7 Å². The Hall–Kier alpha value is -5.78. The zero-order chi connectivity index (χ0) is 34.3. The predicted molar refractivity (Wildman–Crippen MR) is 153 cm³/mol. The SMILES string of the molecule is CC(=O)OC[C@@H]1O[C@@H](Oc2cc(C3[OH+]c4cc(O)cc(O)c4C=C3O)cc(O)c2O)[C@H](OC(=O)c2cc(O)c(O)c(O)c2)[C@@H](O)[C@@H]1O. The monoisotopic (exact) mass is 661 g/mol. The molecule has 17 nitrogen and oxygen atoms in total. The Morgan fingerprint density at radius 1 is 0.830 bits per heavy atom. The first-order valence-electron chi connectivity index (χ1n) is 13.6. The molecule has 1 fully saturated rings. The number of rotatable bonds is 7. The normalized spacial score (nSPS) is 23.5. The van der Waals surface area contributed by atoms with Gasteiger partial charge in [0.15, 0.2) is 40.6 Å². The Bertz CT molecular complexity index is 1730. The number of esters is 2. The van der Waals surface area contributed by atoms with Crippen LogP contribution in [0.5, 0.6) is 51.7 Å². The summed E-state index contributed by atoms with van der Waals surface area (Å²) in [7, 11) is 0. The lowest BCUT2D eigenvalue weighted by atomic mass is 9.98. The fourth-order valence-electron chi connectivity index (χ4n) is 4.90. The first-order chi connectivity index (χ1) is 22.1. The number of phenols is 7. The van der Waals surface area contributed by atoms with E-state index in [0.717, 1.165) is 37.3 Å². The molecule has 6 atom stereocenters. The fraction of sp³-hybridized carbons (Fsp3) is 0.267. The van der Waals surface area contributed by atoms with Crippen LogP contribution in [0.1, 0.15) is 34.5 Å². The number of benzene rings is 3. The Balaban J connectivity index is 1.48. The highest BCUT2D eigenvalue weighted by molar-refractivity contribution is 5.91. The van der Waals surface area contributed by atoms with Gasteiger partial charge in [-0.1, -0.05) is 0 Å². The van der Waals surface area contributed by atoms with Gasteiger partial charge >= 0.3 is 11.9 Å². The molecule has 2 aliphatic rings. The minimum absolute atomic E-state index is 0.00558. The molecule has 0 amide bonds. The van der Waals surface area contributed by atoms with Crippen LogP contribution in [0.4, 0.5) is 0 Å². The van der Waals surface area contributed by atoms with Crippen molar-refractivity contribution in [3.05, 3.63) is 58.8 Å². The Morgan fingerprint density at radius 2 is 1.49 bits per heavy atom. The molecule has 250 valence electrons. The molecule has 11 N–H and O–H groups in total. The quantitative estimate of drug-likeness (QED) is 0.0964. The lowest BCUT2D eigenvalue weighted by Gasteiger charge is -2.41. The van der Waals surface area contributed by atoms with Gasteiger partial charge in [0, 0.05) is 19.1 Å². The topological polar surface area (TPSA) is 286 Å². The van der Waals surface area contributed by atoms with Crippen molar-refractivity contribution in [1.82, 2.24) is 0 Å². The number of aromatic hydroxyl groups is 8. The molecule has 0 aliphatic carbocycles.